The quantitative estimate of drug-likeness (QED) is 0.325. The Labute approximate surface area is 191 Å². The maximum atomic E-state index is 13.7. The standard InChI is InChI=1S/C25H19F4NO4/c26-18-5-4-17(9-23(31)32)22(10-18)33-12-15-7-19(16-3-1-2-14(6-16)11-30)24-20(8-15)21(13-34-24)25(27,28)29/h1-8,10,13H,9,11-12,30H2,(H,31,32). The molecule has 34 heavy (non-hydrogen) atoms. The van der Waals surface area contributed by atoms with Crippen molar-refractivity contribution >= 4 is 16.9 Å². The summed E-state index contributed by atoms with van der Waals surface area (Å²) >= 11 is 0. The van der Waals surface area contributed by atoms with Crippen molar-refractivity contribution in [1.82, 2.24) is 0 Å². The number of alkyl halides is 3. The zero-order valence-corrected chi connectivity index (χ0v) is 17.7. The van der Waals surface area contributed by atoms with Gasteiger partial charge in [-0.05, 0) is 41.0 Å². The molecule has 3 N–H and O–H groups in total. The van der Waals surface area contributed by atoms with Gasteiger partial charge in [0.05, 0.1) is 6.42 Å². The van der Waals surface area contributed by atoms with Gasteiger partial charge >= 0.3 is 12.1 Å². The zero-order valence-electron chi connectivity index (χ0n) is 17.7. The molecule has 1 aromatic heterocycles. The van der Waals surface area contributed by atoms with Crippen LogP contribution in [0, 0.1) is 5.82 Å². The molecule has 9 heteroatoms. The van der Waals surface area contributed by atoms with E-state index in [1.54, 1.807) is 30.3 Å². The zero-order chi connectivity index (χ0) is 24.5. The van der Waals surface area contributed by atoms with Gasteiger partial charge in [-0.3, -0.25) is 4.79 Å². The van der Waals surface area contributed by atoms with Crippen molar-refractivity contribution in [2.75, 3.05) is 0 Å². The van der Waals surface area contributed by atoms with Gasteiger partial charge < -0.3 is 20.0 Å². The smallest absolute Gasteiger partial charge is 0.420 e. The van der Waals surface area contributed by atoms with Crippen LogP contribution in [0.4, 0.5) is 17.6 Å². The van der Waals surface area contributed by atoms with Crippen molar-refractivity contribution < 1.29 is 36.6 Å². The third-order valence-corrected chi connectivity index (χ3v) is 5.28. The van der Waals surface area contributed by atoms with Gasteiger partial charge in [0.25, 0.3) is 0 Å². The van der Waals surface area contributed by atoms with E-state index in [9.17, 15) is 22.4 Å². The lowest BCUT2D eigenvalue weighted by atomic mass is 9.97. The predicted octanol–water partition coefficient (Wildman–Crippen LogP) is 5.92. The predicted molar refractivity (Wildman–Crippen MR) is 117 cm³/mol. The summed E-state index contributed by atoms with van der Waals surface area (Å²) in [5, 5.41) is 8.93. The Bertz CT molecular complexity index is 1360. The van der Waals surface area contributed by atoms with Crippen LogP contribution in [-0.2, 0) is 30.5 Å². The molecule has 0 fully saturated rings. The summed E-state index contributed by atoms with van der Waals surface area (Å²) in [6.45, 7) is 0.0235. The largest absolute Gasteiger partial charge is 0.488 e. The molecule has 0 amide bonds. The average Bonchev–Trinajstić information content (AvgIpc) is 3.23. The van der Waals surface area contributed by atoms with Crippen LogP contribution < -0.4 is 10.5 Å². The number of nitrogens with two attached hydrogens (primary N) is 1. The van der Waals surface area contributed by atoms with Crippen LogP contribution in [0.25, 0.3) is 22.1 Å². The fourth-order valence-electron chi connectivity index (χ4n) is 3.71. The van der Waals surface area contributed by atoms with Crippen LogP contribution >= 0.6 is 0 Å². The highest BCUT2D eigenvalue weighted by atomic mass is 19.4. The van der Waals surface area contributed by atoms with Crippen molar-refractivity contribution in [2.24, 2.45) is 5.73 Å². The molecule has 0 saturated heterocycles. The van der Waals surface area contributed by atoms with Gasteiger partial charge in [-0.25, -0.2) is 4.39 Å². The van der Waals surface area contributed by atoms with E-state index in [1.807, 2.05) is 0 Å². The van der Waals surface area contributed by atoms with E-state index in [4.69, 9.17) is 20.0 Å². The number of benzene rings is 3. The summed E-state index contributed by atoms with van der Waals surface area (Å²) in [5.74, 6) is -1.77. The van der Waals surface area contributed by atoms with E-state index in [2.05, 4.69) is 0 Å². The summed E-state index contributed by atoms with van der Waals surface area (Å²) in [6.07, 6.45) is -4.37. The molecule has 4 aromatic rings. The number of rotatable bonds is 7. The molecule has 0 saturated carbocycles. The van der Waals surface area contributed by atoms with Crippen molar-refractivity contribution in [3.8, 4) is 16.9 Å². The molecular weight excluding hydrogens is 454 g/mol. The first kappa shape index (κ1) is 23.3. The number of fused-ring (bicyclic) bond motifs is 1. The van der Waals surface area contributed by atoms with E-state index >= 15 is 0 Å². The number of aliphatic carboxylic acids is 1. The minimum atomic E-state index is -4.64. The normalized spacial score (nSPS) is 11.7. The Morgan fingerprint density at radius 1 is 1.06 bits per heavy atom. The van der Waals surface area contributed by atoms with Crippen LogP contribution in [-0.4, -0.2) is 11.1 Å². The third kappa shape index (κ3) is 4.89. The summed E-state index contributed by atoms with van der Waals surface area (Å²) in [5.41, 5.74) is 7.24. The van der Waals surface area contributed by atoms with Crippen molar-refractivity contribution in [2.45, 2.75) is 25.7 Å². The van der Waals surface area contributed by atoms with E-state index in [1.165, 1.54) is 12.1 Å². The summed E-state index contributed by atoms with van der Waals surface area (Å²) in [4.78, 5) is 11.1. The molecular formula is C25H19F4NO4. The number of halogens is 4. The topological polar surface area (TPSA) is 85.7 Å². The van der Waals surface area contributed by atoms with Gasteiger partial charge in [-0.1, -0.05) is 24.3 Å². The van der Waals surface area contributed by atoms with Crippen molar-refractivity contribution in [3.05, 3.63) is 88.9 Å². The highest BCUT2D eigenvalue weighted by Crippen LogP contribution is 2.40. The van der Waals surface area contributed by atoms with Gasteiger partial charge in [0.1, 0.15) is 35.6 Å². The number of hydrogen-bond donors (Lipinski definition) is 2. The first-order valence-corrected chi connectivity index (χ1v) is 10.2. The molecule has 5 nitrogen and oxygen atoms in total. The van der Waals surface area contributed by atoms with Crippen LogP contribution in [0.2, 0.25) is 0 Å². The van der Waals surface area contributed by atoms with Gasteiger partial charge in [-0.2, -0.15) is 13.2 Å². The Morgan fingerprint density at radius 2 is 1.85 bits per heavy atom. The second-order valence-corrected chi connectivity index (χ2v) is 7.68. The van der Waals surface area contributed by atoms with Gasteiger partial charge in [0.2, 0.25) is 0 Å². The van der Waals surface area contributed by atoms with E-state index in [0.29, 0.717) is 23.0 Å². The summed E-state index contributed by atoms with van der Waals surface area (Å²) in [6, 6.07) is 13.4. The maximum absolute atomic E-state index is 13.7. The molecule has 0 radical (unpaired) electrons. The molecule has 3 aromatic carbocycles. The Hall–Kier alpha value is -3.85. The lowest BCUT2D eigenvalue weighted by Crippen LogP contribution is -2.06. The van der Waals surface area contributed by atoms with Crippen LogP contribution in [0.3, 0.4) is 0 Å². The number of carboxylic acid groups (broad SMARTS) is 1. The Balaban J connectivity index is 1.79. The average molecular weight is 473 g/mol. The summed E-state index contributed by atoms with van der Waals surface area (Å²) < 4.78 is 65.5. The molecule has 0 bridgehead atoms. The highest BCUT2D eigenvalue weighted by molar-refractivity contribution is 5.95. The summed E-state index contributed by atoms with van der Waals surface area (Å²) in [7, 11) is 0. The van der Waals surface area contributed by atoms with Crippen LogP contribution in [0.1, 0.15) is 22.3 Å². The fourth-order valence-corrected chi connectivity index (χ4v) is 3.71. The molecule has 0 aliphatic rings. The third-order valence-electron chi connectivity index (χ3n) is 5.28. The molecule has 1 heterocycles. The second kappa shape index (κ2) is 9.18. The van der Waals surface area contributed by atoms with Crippen molar-refractivity contribution in [3.63, 3.8) is 0 Å². The molecule has 0 atom stereocenters. The van der Waals surface area contributed by atoms with Crippen LogP contribution in [0.5, 0.6) is 5.75 Å². The number of furan rings is 1. The molecule has 0 unspecified atom stereocenters. The lowest BCUT2D eigenvalue weighted by Gasteiger charge is -2.13. The molecule has 0 aliphatic heterocycles. The number of carbonyl (C=O) groups is 1. The molecule has 176 valence electrons. The highest BCUT2D eigenvalue weighted by Gasteiger charge is 2.35. The van der Waals surface area contributed by atoms with Crippen LogP contribution in [0.15, 0.2) is 65.3 Å². The monoisotopic (exact) mass is 473 g/mol. The minimum Gasteiger partial charge on any atom is -0.488 e. The minimum absolute atomic E-state index is 0.00239. The van der Waals surface area contributed by atoms with Gasteiger partial charge in [0, 0.05) is 29.1 Å². The molecule has 0 spiro atoms. The molecule has 0 aliphatic carbocycles. The van der Waals surface area contributed by atoms with Crippen molar-refractivity contribution in [1.29, 1.82) is 0 Å². The maximum Gasteiger partial charge on any atom is 0.420 e. The molecule has 4 rings (SSSR count). The fraction of sp³-hybridized carbons (Fsp3) is 0.160. The number of carboxylic acids is 1. The van der Waals surface area contributed by atoms with Gasteiger partial charge in [0.15, 0.2) is 0 Å². The SMILES string of the molecule is NCc1cccc(-c2cc(COc3cc(F)ccc3CC(=O)O)cc3c(C(F)(F)F)coc23)c1. The first-order valence-electron chi connectivity index (χ1n) is 10.2. The van der Waals surface area contributed by atoms with Gasteiger partial charge in [-0.15, -0.1) is 0 Å². The Morgan fingerprint density at radius 3 is 2.56 bits per heavy atom. The number of ether oxygens (including phenoxy) is 1. The van der Waals surface area contributed by atoms with E-state index in [0.717, 1.165) is 17.7 Å². The van der Waals surface area contributed by atoms with E-state index in [-0.39, 0.29) is 35.4 Å². The second-order valence-electron chi connectivity index (χ2n) is 7.68. The van der Waals surface area contributed by atoms with E-state index < -0.39 is 29.9 Å². The Kier molecular flexibility index (Phi) is 6.30. The lowest BCUT2D eigenvalue weighted by molar-refractivity contribution is -0.137. The first-order chi connectivity index (χ1) is 16.2. The number of hydrogen-bond acceptors (Lipinski definition) is 4.